The molecule has 98 valence electrons. The molecule has 3 rings (SSSR count). The lowest BCUT2D eigenvalue weighted by Gasteiger charge is -2.51. The third kappa shape index (κ3) is 1.90. The van der Waals surface area contributed by atoms with Crippen LogP contribution in [-0.4, -0.2) is 51.5 Å². The summed E-state index contributed by atoms with van der Waals surface area (Å²) in [5.74, 6) is 0.899. The zero-order valence-electron chi connectivity index (χ0n) is 10.7. The van der Waals surface area contributed by atoms with Crippen LogP contribution >= 0.6 is 0 Å². The zero-order chi connectivity index (χ0) is 12.4. The van der Waals surface area contributed by atoms with Crippen molar-refractivity contribution in [2.24, 2.45) is 0 Å². The maximum atomic E-state index is 5.49. The predicted molar refractivity (Wildman–Crippen MR) is 67.9 cm³/mol. The first-order valence-electron chi connectivity index (χ1n) is 6.40. The predicted octanol–water partition coefficient (Wildman–Crippen LogP) is 1.25. The van der Waals surface area contributed by atoms with Crippen LogP contribution in [0.15, 0.2) is 24.3 Å². The van der Waals surface area contributed by atoms with Gasteiger partial charge in [0.15, 0.2) is 0 Å². The summed E-state index contributed by atoms with van der Waals surface area (Å²) < 4.78 is 16.1. The maximum absolute atomic E-state index is 5.49. The van der Waals surface area contributed by atoms with E-state index in [1.165, 1.54) is 5.56 Å². The molecule has 0 N–H and O–H groups in total. The van der Waals surface area contributed by atoms with E-state index in [2.05, 4.69) is 17.0 Å². The van der Waals surface area contributed by atoms with Crippen molar-refractivity contribution in [3.05, 3.63) is 29.8 Å². The van der Waals surface area contributed by atoms with Gasteiger partial charge in [0.05, 0.1) is 39.1 Å². The van der Waals surface area contributed by atoms with E-state index in [-0.39, 0.29) is 5.54 Å². The molecule has 0 radical (unpaired) electrons. The summed E-state index contributed by atoms with van der Waals surface area (Å²) in [6.45, 7) is 5.15. The molecule has 0 spiro atoms. The molecular formula is C14H19NO3. The van der Waals surface area contributed by atoms with Crippen molar-refractivity contribution in [2.45, 2.75) is 5.54 Å². The van der Waals surface area contributed by atoms with Crippen LogP contribution in [-0.2, 0) is 15.0 Å². The molecular weight excluding hydrogens is 230 g/mol. The van der Waals surface area contributed by atoms with Gasteiger partial charge in [-0.05, 0) is 17.7 Å². The molecule has 2 heterocycles. The van der Waals surface area contributed by atoms with E-state index in [0.717, 1.165) is 45.3 Å². The molecule has 0 atom stereocenters. The van der Waals surface area contributed by atoms with Gasteiger partial charge in [0.2, 0.25) is 0 Å². The number of hydrogen-bond donors (Lipinski definition) is 0. The topological polar surface area (TPSA) is 30.9 Å². The van der Waals surface area contributed by atoms with Gasteiger partial charge in [-0.3, -0.25) is 4.90 Å². The summed E-state index contributed by atoms with van der Waals surface area (Å²) in [5, 5.41) is 0. The third-order valence-electron chi connectivity index (χ3n) is 3.93. The van der Waals surface area contributed by atoms with E-state index in [4.69, 9.17) is 14.2 Å². The number of morpholine rings is 1. The Hall–Kier alpha value is -1.10. The summed E-state index contributed by atoms with van der Waals surface area (Å²) in [5.41, 5.74) is 1.37. The Morgan fingerprint density at radius 1 is 1.06 bits per heavy atom. The lowest BCUT2D eigenvalue weighted by atomic mass is 9.85. The molecule has 4 nitrogen and oxygen atoms in total. The second-order valence-electron chi connectivity index (χ2n) is 4.85. The molecule has 0 aromatic heterocycles. The van der Waals surface area contributed by atoms with Crippen molar-refractivity contribution in [1.82, 2.24) is 4.90 Å². The van der Waals surface area contributed by atoms with Gasteiger partial charge in [-0.15, -0.1) is 0 Å². The van der Waals surface area contributed by atoms with Gasteiger partial charge in [-0.1, -0.05) is 12.1 Å². The van der Waals surface area contributed by atoms with Crippen LogP contribution in [0.3, 0.4) is 0 Å². The lowest BCUT2D eigenvalue weighted by molar-refractivity contribution is -0.166. The van der Waals surface area contributed by atoms with Gasteiger partial charge in [0.1, 0.15) is 5.75 Å². The highest BCUT2D eigenvalue weighted by molar-refractivity contribution is 5.33. The van der Waals surface area contributed by atoms with Gasteiger partial charge < -0.3 is 14.2 Å². The SMILES string of the molecule is COc1ccc(C2(N3CCOCC3)COC2)cc1. The van der Waals surface area contributed by atoms with Crippen LogP contribution in [0.5, 0.6) is 5.75 Å². The second kappa shape index (κ2) is 4.88. The van der Waals surface area contributed by atoms with Crippen LogP contribution in [0.1, 0.15) is 5.56 Å². The van der Waals surface area contributed by atoms with Crippen molar-refractivity contribution >= 4 is 0 Å². The fourth-order valence-electron chi connectivity index (χ4n) is 2.72. The molecule has 0 bridgehead atoms. The molecule has 0 unspecified atom stereocenters. The Morgan fingerprint density at radius 3 is 2.22 bits per heavy atom. The minimum Gasteiger partial charge on any atom is -0.497 e. The van der Waals surface area contributed by atoms with Gasteiger partial charge in [-0.2, -0.15) is 0 Å². The number of methoxy groups -OCH3 is 1. The average molecular weight is 249 g/mol. The van der Waals surface area contributed by atoms with Crippen LogP contribution in [0, 0.1) is 0 Å². The van der Waals surface area contributed by atoms with E-state index in [9.17, 15) is 0 Å². The van der Waals surface area contributed by atoms with Crippen molar-refractivity contribution in [2.75, 3.05) is 46.6 Å². The van der Waals surface area contributed by atoms with Crippen LogP contribution in [0.2, 0.25) is 0 Å². The van der Waals surface area contributed by atoms with Crippen LogP contribution < -0.4 is 4.74 Å². The Kier molecular flexibility index (Phi) is 3.24. The molecule has 2 aliphatic heterocycles. The molecule has 1 aromatic carbocycles. The van der Waals surface area contributed by atoms with E-state index in [0.29, 0.717) is 0 Å². The number of nitrogens with zero attached hydrogens (tertiary/aromatic N) is 1. The normalized spacial score (nSPS) is 23.4. The van der Waals surface area contributed by atoms with Crippen molar-refractivity contribution in [3.8, 4) is 5.75 Å². The molecule has 18 heavy (non-hydrogen) atoms. The summed E-state index contributed by atoms with van der Waals surface area (Å²) >= 11 is 0. The fourth-order valence-corrected chi connectivity index (χ4v) is 2.72. The first-order valence-corrected chi connectivity index (χ1v) is 6.40. The van der Waals surface area contributed by atoms with Gasteiger partial charge in [-0.25, -0.2) is 0 Å². The van der Waals surface area contributed by atoms with Crippen LogP contribution in [0.4, 0.5) is 0 Å². The first-order chi connectivity index (χ1) is 8.85. The Balaban J connectivity index is 1.85. The third-order valence-corrected chi connectivity index (χ3v) is 3.93. The summed E-state index contributed by atoms with van der Waals surface area (Å²) in [6.07, 6.45) is 0. The molecule has 1 aromatic rings. The summed E-state index contributed by atoms with van der Waals surface area (Å²) in [4.78, 5) is 2.49. The van der Waals surface area contributed by atoms with E-state index < -0.39 is 0 Å². The standard InChI is InChI=1S/C14H19NO3/c1-16-13-4-2-12(3-5-13)14(10-18-11-14)15-6-8-17-9-7-15/h2-5H,6-11H2,1H3. The zero-order valence-corrected chi connectivity index (χ0v) is 10.7. The van der Waals surface area contributed by atoms with E-state index >= 15 is 0 Å². The van der Waals surface area contributed by atoms with Gasteiger partial charge in [0, 0.05) is 13.1 Å². The van der Waals surface area contributed by atoms with Crippen molar-refractivity contribution in [3.63, 3.8) is 0 Å². The number of benzene rings is 1. The van der Waals surface area contributed by atoms with E-state index in [1.54, 1.807) is 7.11 Å². The van der Waals surface area contributed by atoms with Crippen molar-refractivity contribution in [1.29, 1.82) is 0 Å². The van der Waals surface area contributed by atoms with Gasteiger partial charge >= 0.3 is 0 Å². The molecule has 2 fully saturated rings. The Morgan fingerprint density at radius 2 is 1.72 bits per heavy atom. The van der Waals surface area contributed by atoms with Crippen molar-refractivity contribution < 1.29 is 14.2 Å². The molecule has 2 saturated heterocycles. The van der Waals surface area contributed by atoms with Gasteiger partial charge in [0.25, 0.3) is 0 Å². The quantitative estimate of drug-likeness (QED) is 0.807. The lowest BCUT2D eigenvalue weighted by Crippen LogP contribution is -2.62. The molecule has 4 heteroatoms. The highest BCUT2D eigenvalue weighted by Crippen LogP contribution is 2.37. The summed E-state index contributed by atoms with van der Waals surface area (Å²) in [7, 11) is 1.69. The first kappa shape index (κ1) is 12.0. The highest BCUT2D eigenvalue weighted by atomic mass is 16.5. The molecule has 2 aliphatic rings. The highest BCUT2D eigenvalue weighted by Gasteiger charge is 2.45. The van der Waals surface area contributed by atoms with E-state index in [1.807, 2.05) is 12.1 Å². The minimum atomic E-state index is 0.0516. The van der Waals surface area contributed by atoms with Crippen LogP contribution in [0.25, 0.3) is 0 Å². The molecule has 0 saturated carbocycles. The fraction of sp³-hybridized carbons (Fsp3) is 0.571. The Labute approximate surface area is 107 Å². The maximum Gasteiger partial charge on any atom is 0.118 e. The number of ether oxygens (including phenoxy) is 3. The minimum absolute atomic E-state index is 0.0516. The molecule has 0 aliphatic carbocycles. The average Bonchev–Trinajstić information content (AvgIpc) is 2.40. The summed E-state index contributed by atoms with van der Waals surface area (Å²) in [6, 6.07) is 8.35. The second-order valence-corrected chi connectivity index (χ2v) is 4.85. The monoisotopic (exact) mass is 249 g/mol. The number of rotatable bonds is 3. The smallest absolute Gasteiger partial charge is 0.118 e. The largest absolute Gasteiger partial charge is 0.497 e. The molecule has 0 amide bonds. The number of hydrogen-bond acceptors (Lipinski definition) is 4. The Bertz CT molecular complexity index is 394.